The van der Waals surface area contributed by atoms with Gasteiger partial charge in [0.1, 0.15) is 6.23 Å². The second-order valence-electron chi connectivity index (χ2n) is 7.59. The molecule has 0 amide bonds. The lowest BCUT2D eigenvalue weighted by atomic mass is 10.0. The fraction of sp³-hybridized carbons (Fsp3) is 0.429. The lowest BCUT2D eigenvalue weighted by Gasteiger charge is -2.22. The highest BCUT2D eigenvalue weighted by Gasteiger charge is 2.26. The van der Waals surface area contributed by atoms with E-state index in [0.29, 0.717) is 23.0 Å². The summed E-state index contributed by atoms with van der Waals surface area (Å²) in [6.45, 7) is 1.12. The number of Topliss-reactive ketones (excluding diaryl/α,β-unsaturated/α-hetero) is 1. The Bertz CT molecular complexity index is 1060. The minimum Gasteiger partial charge on any atom is -0.357 e. The van der Waals surface area contributed by atoms with Gasteiger partial charge in [0, 0.05) is 41.4 Å². The van der Waals surface area contributed by atoms with Gasteiger partial charge in [0.05, 0.1) is 28.3 Å². The maximum atomic E-state index is 12.3. The van der Waals surface area contributed by atoms with Gasteiger partial charge in [-0.25, -0.2) is 4.68 Å². The van der Waals surface area contributed by atoms with E-state index in [4.69, 9.17) is 27.9 Å². The predicted molar refractivity (Wildman–Crippen MR) is 110 cm³/mol. The molecule has 1 atom stereocenters. The molecule has 2 aromatic heterocycles. The molecule has 0 radical (unpaired) electrons. The van der Waals surface area contributed by atoms with Gasteiger partial charge in [0.25, 0.3) is 0 Å². The van der Waals surface area contributed by atoms with Crippen molar-refractivity contribution in [1.82, 2.24) is 14.3 Å². The van der Waals surface area contributed by atoms with Crippen molar-refractivity contribution in [3.05, 3.63) is 40.3 Å². The highest BCUT2D eigenvalue weighted by molar-refractivity contribution is 6.45. The molecule has 146 valence electrons. The van der Waals surface area contributed by atoms with Crippen LogP contribution in [0.25, 0.3) is 22.0 Å². The second-order valence-corrected chi connectivity index (χ2v) is 8.37. The number of nitrogens with zero attached hydrogens (tertiary/aromatic N) is 3. The monoisotopic (exact) mass is 417 g/mol. The van der Waals surface area contributed by atoms with Gasteiger partial charge in [-0.1, -0.05) is 29.3 Å². The van der Waals surface area contributed by atoms with Crippen molar-refractivity contribution in [2.45, 2.75) is 51.3 Å². The van der Waals surface area contributed by atoms with E-state index in [1.165, 1.54) is 0 Å². The normalized spacial score (nSPS) is 20.4. The SMILES string of the molecule is O=C1CCCc2c(-c3cnn(C4CCCCO4)c3)c3ccc(Cl)c(Cl)c3n2C1. The first-order valence-electron chi connectivity index (χ1n) is 9.80. The van der Waals surface area contributed by atoms with Crippen molar-refractivity contribution in [3.63, 3.8) is 0 Å². The van der Waals surface area contributed by atoms with Crippen LogP contribution in [0.5, 0.6) is 0 Å². The van der Waals surface area contributed by atoms with E-state index in [1.807, 2.05) is 23.0 Å². The summed E-state index contributed by atoms with van der Waals surface area (Å²) in [6.07, 6.45) is 9.44. The zero-order valence-electron chi connectivity index (χ0n) is 15.5. The standard InChI is InChI=1S/C21H21Cl2N3O2/c22-16-8-7-15-19(13-10-24-26(11-13)18-6-1-2-9-28-18)17-5-3-4-14(27)12-25(17)21(15)20(16)23/h7-8,10-11,18H,1-6,9,12H2. The maximum absolute atomic E-state index is 12.3. The lowest BCUT2D eigenvalue weighted by molar-refractivity contribution is -0.119. The minimum atomic E-state index is -0.00501. The van der Waals surface area contributed by atoms with Crippen LogP contribution in [-0.4, -0.2) is 26.7 Å². The van der Waals surface area contributed by atoms with Crippen LogP contribution in [-0.2, 0) is 22.5 Å². The molecule has 3 aromatic rings. The predicted octanol–water partition coefficient (Wildman–Crippen LogP) is 5.42. The maximum Gasteiger partial charge on any atom is 0.152 e. The zero-order chi connectivity index (χ0) is 19.3. The molecule has 2 aliphatic rings. The summed E-state index contributed by atoms with van der Waals surface area (Å²) in [5.74, 6) is 0.226. The summed E-state index contributed by atoms with van der Waals surface area (Å²) in [7, 11) is 0. The summed E-state index contributed by atoms with van der Waals surface area (Å²) in [5.41, 5.74) is 4.11. The zero-order valence-corrected chi connectivity index (χ0v) is 17.0. The van der Waals surface area contributed by atoms with Gasteiger partial charge < -0.3 is 9.30 Å². The first kappa shape index (κ1) is 18.2. The Morgan fingerprint density at radius 1 is 1.14 bits per heavy atom. The number of carbonyl (C=O) groups excluding carboxylic acids is 1. The molecule has 0 N–H and O–H groups in total. The molecule has 28 heavy (non-hydrogen) atoms. The van der Waals surface area contributed by atoms with Crippen LogP contribution in [0, 0.1) is 0 Å². The van der Waals surface area contributed by atoms with Crippen molar-refractivity contribution < 1.29 is 9.53 Å². The first-order chi connectivity index (χ1) is 13.6. The van der Waals surface area contributed by atoms with E-state index in [9.17, 15) is 4.79 Å². The van der Waals surface area contributed by atoms with Crippen molar-refractivity contribution in [1.29, 1.82) is 0 Å². The number of aromatic nitrogens is 3. The highest BCUT2D eigenvalue weighted by atomic mass is 35.5. The largest absolute Gasteiger partial charge is 0.357 e. The second kappa shape index (κ2) is 7.21. The molecule has 0 aliphatic carbocycles. The Morgan fingerprint density at radius 2 is 2.04 bits per heavy atom. The molecular weight excluding hydrogens is 397 g/mol. The van der Waals surface area contributed by atoms with Crippen LogP contribution in [0.4, 0.5) is 0 Å². The molecule has 0 spiro atoms. The van der Waals surface area contributed by atoms with Crippen LogP contribution >= 0.6 is 23.2 Å². The number of hydrogen-bond donors (Lipinski definition) is 0. The average molecular weight is 418 g/mol. The molecule has 1 aromatic carbocycles. The number of ether oxygens (including phenoxy) is 1. The quantitative estimate of drug-likeness (QED) is 0.559. The topological polar surface area (TPSA) is 49.1 Å². The number of halogens is 2. The summed E-state index contributed by atoms with van der Waals surface area (Å²) >= 11 is 12.9. The van der Waals surface area contributed by atoms with E-state index in [2.05, 4.69) is 15.9 Å². The van der Waals surface area contributed by atoms with E-state index < -0.39 is 0 Å². The van der Waals surface area contributed by atoms with Crippen molar-refractivity contribution in [2.75, 3.05) is 6.61 Å². The number of carbonyl (C=O) groups is 1. The summed E-state index contributed by atoms with van der Waals surface area (Å²) < 4.78 is 9.85. The van der Waals surface area contributed by atoms with Crippen LogP contribution in [0.15, 0.2) is 24.5 Å². The van der Waals surface area contributed by atoms with Gasteiger partial charge in [-0.05, 0) is 38.2 Å². The summed E-state index contributed by atoms with van der Waals surface area (Å²) in [6, 6.07) is 3.82. The lowest BCUT2D eigenvalue weighted by Crippen LogP contribution is -2.18. The number of benzene rings is 1. The minimum absolute atomic E-state index is 0.00501. The fourth-order valence-corrected chi connectivity index (χ4v) is 4.87. The van der Waals surface area contributed by atoms with Crippen LogP contribution in [0.3, 0.4) is 0 Å². The molecule has 5 nitrogen and oxygen atoms in total. The highest BCUT2D eigenvalue weighted by Crippen LogP contribution is 2.42. The van der Waals surface area contributed by atoms with Crippen molar-refractivity contribution in [2.24, 2.45) is 0 Å². The smallest absolute Gasteiger partial charge is 0.152 e. The molecule has 1 unspecified atom stereocenters. The van der Waals surface area contributed by atoms with Gasteiger partial charge in [-0.2, -0.15) is 5.10 Å². The van der Waals surface area contributed by atoms with Gasteiger partial charge in [-0.3, -0.25) is 4.79 Å². The van der Waals surface area contributed by atoms with E-state index >= 15 is 0 Å². The molecule has 0 saturated carbocycles. The third kappa shape index (κ3) is 2.97. The Balaban J connectivity index is 1.69. The van der Waals surface area contributed by atoms with Crippen LogP contribution in [0.1, 0.15) is 44.0 Å². The Hall–Kier alpha value is -1.82. The fourth-order valence-electron chi connectivity index (χ4n) is 4.45. The van der Waals surface area contributed by atoms with E-state index in [1.54, 1.807) is 0 Å². The van der Waals surface area contributed by atoms with Crippen molar-refractivity contribution in [3.8, 4) is 11.1 Å². The molecule has 1 saturated heterocycles. The van der Waals surface area contributed by atoms with Crippen molar-refractivity contribution >= 4 is 39.9 Å². The molecule has 0 bridgehead atoms. The average Bonchev–Trinajstić information content (AvgIpc) is 3.24. The Labute approximate surface area is 173 Å². The third-order valence-electron chi connectivity index (χ3n) is 5.77. The van der Waals surface area contributed by atoms with Gasteiger partial charge in [0.2, 0.25) is 0 Å². The van der Waals surface area contributed by atoms with Gasteiger partial charge in [-0.15, -0.1) is 0 Å². The summed E-state index contributed by atoms with van der Waals surface area (Å²) in [4.78, 5) is 12.3. The first-order valence-corrected chi connectivity index (χ1v) is 10.6. The number of ketones is 1. The van der Waals surface area contributed by atoms with Gasteiger partial charge >= 0.3 is 0 Å². The number of hydrogen-bond acceptors (Lipinski definition) is 3. The Morgan fingerprint density at radius 3 is 2.86 bits per heavy atom. The molecule has 1 fully saturated rings. The molecule has 4 heterocycles. The molecule has 7 heteroatoms. The Kier molecular flexibility index (Phi) is 4.69. The van der Waals surface area contributed by atoms with Crippen LogP contribution < -0.4 is 0 Å². The molecule has 5 rings (SSSR count). The molecular formula is C21H21Cl2N3O2. The molecule has 2 aliphatic heterocycles. The third-order valence-corrected chi connectivity index (χ3v) is 6.56. The van der Waals surface area contributed by atoms with E-state index in [-0.39, 0.29) is 12.0 Å². The van der Waals surface area contributed by atoms with Crippen LogP contribution in [0.2, 0.25) is 10.0 Å². The number of fused-ring (bicyclic) bond motifs is 3. The number of rotatable bonds is 2. The van der Waals surface area contributed by atoms with E-state index in [0.717, 1.165) is 66.4 Å². The summed E-state index contributed by atoms with van der Waals surface area (Å²) in [5, 5.41) is 6.61. The van der Waals surface area contributed by atoms with Gasteiger partial charge in [0.15, 0.2) is 5.78 Å².